The smallest absolute Gasteiger partial charge is 0.312 e. The quantitative estimate of drug-likeness (QED) is 0.214. The topological polar surface area (TPSA) is 81.0 Å². The first kappa shape index (κ1) is 29.4. The van der Waals surface area contributed by atoms with Gasteiger partial charge >= 0.3 is 5.97 Å². The zero-order valence-electron chi connectivity index (χ0n) is 23.1. The summed E-state index contributed by atoms with van der Waals surface area (Å²) in [5.74, 6) is -0.791. The Labute approximate surface area is 225 Å². The van der Waals surface area contributed by atoms with Crippen molar-refractivity contribution >= 4 is 50.6 Å². The van der Waals surface area contributed by atoms with Gasteiger partial charge in [-0.2, -0.15) is 0 Å². The van der Waals surface area contributed by atoms with Gasteiger partial charge in [0.15, 0.2) is 0 Å². The van der Waals surface area contributed by atoms with Crippen molar-refractivity contribution in [1.29, 1.82) is 0 Å². The van der Waals surface area contributed by atoms with Crippen molar-refractivity contribution in [2.75, 3.05) is 6.54 Å². The first-order valence-electron chi connectivity index (χ1n) is 12.9. The highest BCUT2D eigenvalue weighted by atomic mass is 79.9. The lowest BCUT2D eigenvalue weighted by molar-refractivity contribution is -0.153. The first-order valence-corrected chi connectivity index (χ1v) is 17.9. The second-order valence-corrected chi connectivity index (χ2v) is 20.7. The van der Waals surface area contributed by atoms with E-state index in [1.165, 1.54) is 0 Å². The number of aromatic nitrogens is 1. The molecule has 36 heavy (non-hydrogen) atoms. The molecule has 1 aromatic rings. The Morgan fingerprint density at radius 1 is 1.22 bits per heavy atom. The number of fused-ring (bicyclic) bond motifs is 1. The van der Waals surface area contributed by atoms with Gasteiger partial charge in [0.05, 0.1) is 34.2 Å². The summed E-state index contributed by atoms with van der Waals surface area (Å²) in [6.45, 7) is 17.7. The van der Waals surface area contributed by atoms with Crippen molar-refractivity contribution in [3.8, 4) is 0 Å². The molecular weight excluding hydrogens is 561 g/mol. The Bertz CT molecular complexity index is 1190. The predicted octanol–water partition coefficient (Wildman–Crippen LogP) is 6.12. The minimum absolute atomic E-state index is 0.126. The van der Waals surface area contributed by atoms with Crippen LogP contribution in [0.15, 0.2) is 20.0 Å². The molecule has 2 aliphatic rings. The Balaban J connectivity index is 2.29. The average Bonchev–Trinajstić information content (AvgIpc) is 3.19. The van der Waals surface area contributed by atoms with Crippen molar-refractivity contribution in [3.63, 3.8) is 0 Å². The van der Waals surface area contributed by atoms with Crippen molar-refractivity contribution in [1.82, 2.24) is 4.98 Å². The van der Waals surface area contributed by atoms with Gasteiger partial charge in [-0.3, -0.25) is 9.79 Å². The largest absolute Gasteiger partial charge is 0.460 e. The maximum absolute atomic E-state index is 16.6. The van der Waals surface area contributed by atoms with Crippen LogP contribution in [0.2, 0.25) is 18.1 Å². The monoisotopic (exact) mass is 601 g/mol. The minimum Gasteiger partial charge on any atom is -0.460 e. The third-order valence-corrected chi connectivity index (χ3v) is 17.9. The van der Waals surface area contributed by atoms with E-state index in [0.29, 0.717) is 23.3 Å². The molecule has 0 aliphatic carbocycles. The zero-order chi connectivity index (χ0) is 27.3. The van der Waals surface area contributed by atoms with E-state index in [-0.39, 0.29) is 17.9 Å². The number of carbonyl (C=O) groups excluding carboxylic acids is 1. The number of rotatable bonds is 7. The van der Waals surface area contributed by atoms with E-state index in [9.17, 15) is 9.00 Å². The summed E-state index contributed by atoms with van der Waals surface area (Å²) >= 11 is 3.54. The molecule has 0 unspecified atom stereocenters. The number of halogens is 2. The van der Waals surface area contributed by atoms with Gasteiger partial charge in [0.2, 0.25) is 0 Å². The Hall–Kier alpha value is -1.13. The summed E-state index contributed by atoms with van der Waals surface area (Å²) in [5.41, 5.74) is -1.25. The summed E-state index contributed by atoms with van der Waals surface area (Å²) in [5, 5.41) is 0.232. The number of aliphatic imine (C=N–C) groups is 1. The van der Waals surface area contributed by atoms with Crippen molar-refractivity contribution in [3.05, 3.63) is 22.2 Å². The van der Waals surface area contributed by atoms with Gasteiger partial charge < -0.3 is 4.74 Å². The van der Waals surface area contributed by atoms with E-state index >= 15 is 4.39 Å². The van der Waals surface area contributed by atoms with Crippen LogP contribution < -0.4 is 5.19 Å². The van der Waals surface area contributed by atoms with Crippen LogP contribution in [0.3, 0.4) is 0 Å². The van der Waals surface area contributed by atoms with Crippen LogP contribution >= 0.6 is 15.9 Å². The van der Waals surface area contributed by atoms with Gasteiger partial charge in [-0.15, -0.1) is 0 Å². The third kappa shape index (κ3) is 4.75. The average molecular weight is 603 g/mol. The highest BCUT2D eigenvalue weighted by Gasteiger charge is 2.58. The zero-order valence-corrected chi connectivity index (χ0v) is 26.5. The highest BCUT2D eigenvalue weighted by molar-refractivity contribution is 9.10. The van der Waals surface area contributed by atoms with Gasteiger partial charge in [-0.25, -0.2) is 17.9 Å². The molecule has 202 valence electrons. The third-order valence-electron chi connectivity index (χ3n) is 8.22. The normalized spacial score (nSPS) is 27.8. The fourth-order valence-electron chi connectivity index (χ4n) is 5.83. The van der Waals surface area contributed by atoms with Crippen molar-refractivity contribution in [2.24, 2.45) is 9.36 Å². The SMILES string of the molecule is CC[Si](CC)(CC)c1cc(Br)nc([C@@]2(C)N=C(CC(=O)OC(C)(C)C)C(C)(C)[S@@]3(=O)=NCC[C@@H]23)c1F. The molecule has 3 atom stereocenters. The minimum atomic E-state index is -2.89. The summed E-state index contributed by atoms with van der Waals surface area (Å²) in [7, 11) is -5.00. The molecule has 0 N–H and O–H groups in total. The van der Waals surface area contributed by atoms with Gasteiger partial charge in [-0.1, -0.05) is 38.9 Å². The lowest BCUT2D eigenvalue weighted by atomic mass is 9.88. The van der Waals surface area contributed by atoms with Crippen LogP contribution in [0.4, 0.5) is 4.39 Å². The van der Waals surface area contributed by atoms with E-state index in [1.807, 2.05) is 26.8 Å². The van der Waals surface area contributed by atoms with Crippen LogP contribution in [0, 0.1) is 5.82 Å². The molecule has 0 saturated carbocycles. The van der Waals surface area contributed by atoms with Crippen LogP contribution in [-0.4, -0.2) is 51.1 Å². The summed E-state index contributed by atoms with van der Waals surface area (Å²) in [4.78, 5) is 22.6. The molecule has 0 aromatic carbocycles. The fraction of sp³-hybridized carbons (Fsp3) is 0.731. The molecule has 0 spiro atoms. The van der Waals surface area contributed by atoms with E-state index in [0.717, 1.165) is 23.3 Å². The van der Waals surface area contributed by atoms with Crippen molar-refractivity contribution < 1.29 is 18.1 Å². The molecule has 1 aromatic heterocycles. The number of nitrogens with zero attached hydrogens (tertiary/aromatic N) is 3. The van der Waals surface area contributed by atoms with E-state index in [4.69, 9.17) is 9.73 Å². The number of esters is 1. The van der Waals surface area contributed by atoms with Crippen LogP contribution in [0.5, 0.6) is 0 Å². The van der Waals surface area contributed by atoms with E-state index in [2.05, 4.69) is 46.0 Å². The molecule has 0 radical (unpaired) electrons. The molecule has 0 fully saturated rings. The summed E-state index contributed by atoms with van der Waals surface area (Å²) < 4.78 is 40.9. The second-order valence-electron chi connectivity index (χ2n) is 11.7. The Morgan fingerprint density at radius 2 is 1.81 bits per heavy atom. The molecule has 0 amide bonds. The number of hydrogen-bond acceptors (Lipinski definition) is 6. The maximum Gasteiger partial charge on any atom is 0.312 e. The Morgan fingerprint density at radius 3 is 2.33 bits per heavy atom. The summed E-state index contributed by atoms with van der Waals surface area (Å²) in [6, 6.07) is 4.58. The first-order chi connectivity index (χ1) is 16.5. The number of carbonyl (C=O) groups is 1. The van der Waals surface area contributed by atoms with Gasteiger partial charge in [0, 0.05) is 12.3 Å². The second kappa shape index (κ2) is 9.87. The van der Waals surface area contributed by atoms with E-state index < -0.39 is 44.9 Å². The fourth-order valence-corrected chi connectivity index (χ4v) is 13.4. The molecule has 0 saturated heterocycles. The van der Waals surface area contributed by atoms with Crippen molar-refractivity contribution in [2.45, 2.75) is 114 Å². The standard InChI is InChI=1S/C26H41BrFN3O3SSi/c1-10-36(11-2,12-3)17-15-20(27)30-23(22(17)28)26(9)19-13-14-29-35(19,33)25(7,8)18(31-26)16-21(32)34-24(4,5)6/h15,19H,10-14,16H2,1-9H3/t19-,26-,35+/m0/s1. The molecule has 10 heteroatoms. The highest BCUT2D eigenvalue weighted by Crippen LogP contribution is 2.48. The van der Waals surface area contributed by atoms with Crippen LogP contribution in [0.1, 0.15) is 80.8 Å². The van der Waals surface area contributed by atoms with Crippen LogP contribution in [0.25, 0.3) is 0 Å². The van der Waals surface area contributed by atoms with Gasteiger partial charge in [0.1, 0.15) is 27.3 Å². The molecule has 0 bridgehead atoms. The number of pyridine rings is 1. The van der Waals surface area contributed by atoms with Gasteiger partial charge in [-0.05, 0) is 75.1 Å². The lowest BCUT2D eigenvalue weighted by Gasteiger charge is -2.45. The predicted molar refractivity (Wildman–Crippen MR) is 152 cm³/mol. The molecule has 3 rings (SSSR count). The lowest BCUT2D eigenvalue weighted by Crippen LogP contribution is -2.57. The molecule has 3 heterocycles. The Kier molecular flexibility index (Phi) is 8.07. The number of hydrogen-bond donors (Lipinski definition) is 0. The van der Waals surface area contributed by atoms with E-state index in [1.54, 1.807) is 20.8 Å². The molecular formula is C26H41BrFN3O3SSi. The number of ether oxygens (including phenoxy) is 1. The maximum atomic E-state index is 16.6. The summed E-state index contributed by atoms with van der Waals surface area (Å²) in [6.07, 6.45) is 0.405. The van der Waals surface area contributed by atoms with Crippen LogP contribution in [-0.2, 0) is 24.8 Å². The molecule has 2 aliphatic heterocycles. The molecule has 6 nitrogen and oxygen atoms in total. The van der Waals surface area contributed by atoms with Gasteiger partial charge in [0.25, 0.3) is 0 Å².